The Labute approximate surface area is 131 Å². The minimum atomic E-state index is 0.0581. The minimum absolute atomic E-state index is 0.0581. The van der Waals surface area contributed by atoms with Gasteiger partial charge in [0.05, 0.1) is 19.3 Å². The van der Waals surface area contributed by atoms with Crippen molar-refractivity contribution in [2.45, 2.75) is 26.1 Å². The van der Waals surface area contributed by atoms with E-state index in [0.29, 0.717) is 11.8 Å². The van der Waals surface area contributed by atoms with Crippen molar-refractivity contribution in [3.63, 3.8) is 0 Å². The van der Waals surface area contributed by atoms with Crippen molar-refractivity contribution in [3.05, 3.63) is 59.7 Å². The molecule has 0 aromatic heterocycles. The van der Waals surface area contributed by atoms with Gasteiger partial charge in [-0.15, -0.1) is 0 Å². The molecule has 116 valence electrons. The van der Waals surface area contributed by atoms with E-state index in [2.05, 4.69) is 26.0 Å². The monoisotopic (exact) mass is 298 g/mol. The second-order valence-electron chi connectivity index (χ2n) is 6.06. The molecule has 0 amide bonds. The maximum absolute atomic E-state index is 9.44. The van der Waals surface area contributed by atoms with Gasteiger partial charge in [-0.3, -0.25) is 0 Å². The molecule has 1 heterocycles. The van der Waals surface area contributed by atoms with E-state index in [9.17, 15) is 5.11 Å². The third kappa shape index (κ3) is 2.69. The number of rotatable bonds is 3. The fourth-order valence-electron chi connectivity index (χ4n) is 3.18. The van der Waals surface area contributed by atoms with Gasteiger partial charge in [0.15, 0.2) is 0 Å². The average molecular weight is 298 g/mol. The van der Waals surface area contributed by atoms with Crippen LogP contribution in [0.3, 0.4) is 0 Å². The first-order chi connectivity index (χ1) is 10.6. The van der Waals surface area contributed by atoms with Crippen LogP contribution in [0.4, 0.5) is 0 Å². The van der Waals surface area contributed by atoms with Crippen LogP contribution in [-0.4, -0.2) is 12.2 Å². The number of phenols is 1. The molecule has 22 heavy (non-hydrogen) atoms. The molecule has 3 nitrogen and oxygen atoms in total. The van der Waals surface area contributed by atoms with Gasteiger partial charge < -0.3 is 14.6 Å². The van der Waals surface area contributed by atoms with Crippen molar-refractivity contribution in [2.75, 3.05) is 7.11 Å². The van der Waals surface area contributed by atoms with Gasteiger partial charge in [0.2, 0.25) is 0 Å². The van der Waals surface area contributed by atoms with E-state index in [4.69, 9.17) is 9.47 Å². The average Bonchev–Trinajstić information content (AvgIpc) is 2.84. The molecule has 0 radical (unpaired) electrons. The van der Waals surface area contributed by atoms with Gasteiger partial charge in [0.25, 0.3) is 0 Å². The van der Waals surface area contributed by atoms with Crippen LogP contribution < -0.4 is 4.74 Å². The summed E-state index contributed by atoms with van der Waals surface area (Å²) < 4.78 is 11.6. The summed E-state index contributed by atoms with van der Waals surface area (Å²) in [5.74, 6) is 1.98. The van der Waals surface area contributed by atoms with Crippen LogP contribution in [0.15, 0.2) is 48.5 Å². The molecule has 1 aliphatic rings. The Morgan fingerprint density at radius 3 is 1.73 bits per heavy atom. The summed E-state index contributed by atoms with van der Waals surface area (Å²) in [7, 11) is 1.67. The largest absolute Gasteiger partial charge is 0.508 e. The molecule has 0 spiro atoms. The summed E-state index contributed by atoms with van der Waals surface area (Å²) in [6.45, 7) is 4.46. The lowest BCUT2D eigenvalue weighted by atomic mass is 9.85. The first-order valence-corrected chi connectivity index (χ1v) is 7.68. The summed E-state index contributed by atoms with van der Waals surface area (Å²) in [5, 5.41) is 9.44. The summed E-state index contributed by atoms with van der Waals surface area (Å²) in [4.78, 5) is 0. The quantitative estimate of drug-likeness (QED) is 0.907. The third-order valence-corrected chi connectivity index (χ3v) is 4.74. The zero-order valence-corrected chi connectivity index (χ0v) is 13.2. The second kappa shape index (κ2) is 6.01. The Morgan fingerprint density at radius 2 is 1.27 bits per heavy atom. The first-order valence-electron chi connectivity index (χ1n) is 7.68. The smallest absolute Gasteiger partial charge is 0.118 e. The summed E-state index contributed by atoms with van der Waals surface area (Å²) in [6.07, 6.45) is 0.141. The van der Waals surface area contributed by atoms with Crippen molar-refractivity contribution < 1.29 is 14.6 Å². The number of hydrogen-bond donors (Lipinski definition) is 1. The van der Waals surface area contributed by atoms with E-state index >= 15 is 0 Å². The third-order valence-electron chi connectivity index (χ3n) is 4.74. The highest BCUT2D eigenvalue weighted by Gasteiger charge is 2.40. The summed E-state index contributed by atoms with van der Waals surface area (Å²) in [5.41, 5.74) is 2.30. The van der Waals surface area contributed by atoms with Crippen LogP contribution in [0, 0.1) is 11.8 Å². The lowest BCUT2D eigenvalue weighted by molar-refractivity contribution is 0.0290. The van der Waals surface area contributed by atoms with Crippen LogP contribution in [0.5, 0.6) is 11.5 Å². The van der Waals surface area contributed by atoms with Gasteiger partial charge in [-0.1, -0.05) is 38.1 Å². The highest BCUT2D eigenvalue weighted by Crippen LogP contribution is 2.49. The topological polar surface area (TPSA) is 38.7 Å². The van der Waals surface area contributed by atoms with Gasteiger partial charge in [0, 0.05) is 0 Å². The van der Waals surface area contributed by atoms with Crippen LogP contribution in [0.25, 0.3) is 0 Å². The highest BCUT2D eigenvalue weighted by molar-refractivity contribution is 5.31. The number of aromatic hydroxyl groups is 1. The van der Waals surface area contributed by atoms with Gasteiger partial charge in [-0.25, -0.2) is 0 Å². The molecule has 0 unspecified atom stereocenters. The maximum Gasteiger partial charge on any atom is 0.118 e. The predicted molar refractivity (Wildman–Crippen MR) is 86.0 cm³/mol. The predicted octanol–water partition coefficient (Wildman–Crippen LogP) is 4.49. The van der Waals surface area contributed by atoms with E-state index in [1.54, 1.807) is 19.2 Å². The molecule has 1 saturated heterocycles. The molecule has 3 heteroatoms. The normalized spacial score (nSPS) is 27.8. The maximum atomic E-state index is 9.44. The molecule has 1 fully saturated rings. The van der Waals surface area contributed by atoms with Crippen molar-refractivity contribution in [1.82, 2.24) is 0 Å². The molecule has 1 aliphatic heterocycles. The van der Waals surface area contributed by atoms with Crippen molar-refractivity contribution >= 4 is 0 Å². The van der Waals surface area contributed by atoms with Gasteiger partial charge in [-0.05, 0) is 47.2 Å². The molecule has 0 bridgehead atoms. The summed E-state index contributed by atoms with van der Waals surface area (Å²) in [6, 6.07) is 15.4. The van der Waals surface area contributed by atoms with E-state index in [-0.39, 0.29) is 18.0 Å². The van der Waals surface area contributed by atoms with Gasteiger partial charge in [-0.2, -0.15) is 0 Å². The zero-order valence-electron chi connectivity index (χ0n) is 13.2. The molecule has 0 saturated carbocycles. The highest BCUT2D eigenvalue weighted by atomic mass is 16.5. The molecule has 4 atom stereocenters. The van der Waals surface area contributed by atoms with Crippen molar-refractivity contribution in [1.29, 1.82) is 0 Å². The number of phenolic OH excluding ortho intramolecular Hbond substituents is 1. The van der Waals surface area contributed by atoms with Gasteiger partial charge in [0.1, 0.15) is 11.5 Å². The van der Waals surface area contributed by atoms with Crippen molar-refractivity contribution in [3.8, 4) is 11.5 Å². The van der Waals surface area contributed by atoms with Gasteiger partial charge >= 0.3 is 0 Å². The van der Waals surface area contributed by atoms with Crippen LogP contribution in [0.1, 0.15) is 37.2 Å². The molecule has 1 N–H and O–H groups in total. The zero-order chi connectivity index (χ0) is 15.7. The van der Waals surface area contributed by atoms with E-state index in [1.165, 1.54) is 5.56 Å². The molecule has 2 aromatic rings. The molecule has 3 rings (SSSR count). The Hall–Kier alpha value is -2.00. The van der Waals surface area contributed by atoms with E-state index in [0.717, 1.165) is 11.3 Å². The Kier molecular flexibility index (Phi) is 4.08. The van der Waals surface area contributed by atoms with Crippen LogP contribution in [-0.2, 0) is 4.74 Å². The Balaban J connectivity index is 1.83. The lowest BCUT2D eigenvalue weighted by Gasteiger charge is -2.16. The number of hydrogen-bond acceptors (Lipinski definition) is 3. The second-order valence-corrected chi connectivity index (χ2v) is 6.06. The standard InChI is InChI=1S/C19H22O3/c1-12-13(2)19(15-6-10-17(21-3)11-7-15)22-18(12)14-4-8-16(20)9-5-14/h4-13,18-20H,1-3H3/t12-,13+,18-,19+/m0/s1. The fourth-order valence-corrected chi connectivity index (χ4v) is 3.18. The molecular formula is C19H22O3. The number of benzene rings is 2. The van der Waals surface area contributed by atoms with Crippen LogP contribution in [0.2, 0.25) is 0 Å². The Morgan fingerprint density at radius 1 is 0.818 bits per heavy atom. The van der Waals surface area contributed by atoms with Crippen LogP contribution >= 0.6 is 0 Å². The fraction of sp³-hybridized carbons (Fsp3) is 0.368. The minimum Gasteiger partial charge on any atom is -0.508 e. The number of methoxy groups -OCH3 is 1. The first kappa shape index (κ1) is 14.9. The lowest BCUT2D eigenvalue weighted by Crippen LogP contribution is -2.09. The Bertz CT molecular complexity index is 618. The van der Waals surface area contributed by atoms with Crippen molar-refractivity contribution in [2.24, 2.45) is 11.8 Å². The molecule has 2 aromatic carbocycles. The number of ether oxygens (including phenoxy) is 2. The SMILES string of the molecule is COc1ccc([C@@H]2O[C@H](c3ccc(O)cc3)[C@@H](C)[C@H]2C)cc1. The van der Waals surface area contributed by atoms with E-state index in [1.807, 2.05) is 24.3 Å². The molecule has 0 aliphatic carbocycles. The molecular weight excluding hydrogens is 276 g/mol. The summed E-state index contributed by atoms with van der Waals surface area (Å²) >= 11 is 0. The van der Waals surface area contributed by atoms with E-state index < -0.39 is 0 Å².